The highest BCUT2D eigenvalue weighted by Gasteiger charge is 2.32. The first-order valence-electron chi connectivity index (χ1n) is 8.81. The molecule has 0 bridgehead atoms. The van der Waals surface area contributed by atoms with Gasteiger partial charge in [-0.1, -0.05) is 36.0 Å². The van der Waals surface area contributed by atoms with Gasteiger partial charge in [-0.05, 0) is 55.5 Å². The van der Waals surface area contributed by atoms with Crippen LogP contribution in [0.3, 0.4) is 0 Å². The summed E-state index contributed by atoms with van der Waals surface area (Å²) < 4.78 is 5.44. The molecule has 0 spiro atoms. The summed E-state index contributed by atoms with van der Waals surface area (Å²) in [6.45, 7) is 1.59. The molecule has 3 aromatic rings. The molecule has 0 aromatic heterocycles. The van der Waals surface area contributed by atoms with Crippen LogP contribution in [-0.2, 0) is 9.53 Å². The van der Waals surface area contributed by atoms with Crippen molar-refractivity contribution in [2.24, 2.45) is 0 Å². The van der Waals surface area contributed by atoms with Gasteiger partial charge in [-0.25, -0.2) is 4.79 Å². The first-order chi connectivity index (χ1) is 13.5. The highest BCUT2D eigenvalue weighted by Crippen LogP contribution is 2.48. The minimum absolute atomic E-state index is 0.302. The summed E-state index contributed by atoms with van der Waals surface area (Å²) >= 11 is 1.61. The second-order valence-corrected chi connectivity index (χ2v) is 7.46. The van der Waals surface area contributed by atoms with Crippen molar-refractivity contribution >= 4 is 40.7 Å². The van der Waals surface area contributed by atoms with Crippen LogP contribution in [0.1, 0.15) is 17.3 Å². The van der Waals surface area contributed by atoms with Crippen LogP contribution in [0.15, 0.2) is 82.6 Å². The predicted molar refractivity (Wildman–Crippen MR) is 110 cm³/mol. The van der Waals surface area contributed by atoms with E-state index >= 15 is 0 Å². The molecule has 5 nitrogen and oxygen atoms in total. The molecule has 0 saturated heterocycles. The average molecular weight is 390 g/mol. The molecule has 3 aromatic carbocycles. The second-order valence-electron chi connectivity index (χ2n) is 6.38. The first-order valence-corrected chi connectivity index (χ1v) is 9.62. The zero-order valence-corrected chi connectivity index (χ0v) is 16.0. The second kappa shape index (κ2) is 7.40. The van der Waals surface area contributed by atoms with Crippen LogP contribution < -0.4 is 10.6 Å². The summed E-state index contributed by atoms with van der Waals surface area (Å²) in [7, 11) is 0. The van der Waals surface area contributed by atoms with Gasteiger partial charge in [0.15, 0.2) is 6.10 Å². The number of para-hydroxylation sites is 2. The summed E-state index contributed by atoms with van der Waals surface area (Å²) in [4.78, 5) is 29.3. The third kappa shape index (κ3) is 3.34. The third-order valence-corrected chi connectivity index (χ3v) is 5.56. The molecule has 28 heavy (non-hydrogen) atoms. The summed E-state index contributed by atoms with van der Waals surface area (Å²) in [5.74, 6) is -0.863. The van der Waals surface area contributed by atoms with Gasteiger partial charge in [0.2, 0.25) is 0 Å². The molecule has 4 rings (SSSR count). The lowest BCUT2D eigenvalue weighted by molar-refractivity contribution is -0.125. The van der Waals surface area contributed by atoms with Crippen LogP contribution in [0.25, 0.3) is 0 Å². The molecule has 0 saturated carbocycles. The maximum absolute atomic E-state index is 13.3. The first kappa shape index (κ1) is 18.1. The summed E-state index contributed by atoms with van der Waals surface area (Å²) in [5, 5.41) is 0. The van der Waals surface area contributed by atoms with Crippen molar-refractivity contribution in [3.8, 4) is 0 Å². The van der Waals surface area contributed by atoms with Crippen molar-refractivity contribution in [3.63, 3.8) is 0 Å². The Labute approximate surface area is 167 Å². The summed E-state index contributed by atoms with van der Waals surface area (Å²) in [6.07, 6.45) is -0.950. The van der Waals surface area contributed by atoms with E-state index in [-0.39, 0.29) is 5.91 Å². The molecule has 1 unspecified atom stereocenters. The fraction of sp³-hybridized carbons (Fsp3) is 0.0909. The number of rotatable bonds is 3. The molecule has 0 radical (unpaired) electrons. The minimum Gasteiger partial charge on any atom is -0.449 e. The van der Waals surface area contributed by atoms with Crippen LogP contribution in [0.2, 0.25) is 0 Å². The van der Waals surface area contributed by atoms with E-state index in [1.165, 1.54) is 0 Å². The van der Waals surface area contributed by atoms with Crippen LogP contribution in [0, 0.1) is 0 Å². The number of ether oxygens (including phenoxy) is 1. The number of carbonyl (C=O) groups is 2. The van der Waals surface area contributed by atoms with Gasteiger partial charge in [0.1, 0.15) is 0 Å². The van der Waals surface area contributed by atoms with Gasteiger partial charge in [0, 0.05) is 15.5 Å². The average Bonchev–Trinajstić information content (AvgIpc) is 2.71. The molecule has 6 heteroatoms. The number of hydrogen-bond donors (Lipinski definition) is 1. The number of fused-ring (bicyclic) bond motifs is 2. The smallest absolute Gasteiger partial charge is 0.338 e. The Hall–Kier alpha value is -3.25. The topological polar surface area (TPSA) is 72.6 Å². The predicted octanol–water partition coefficient (Wildman–Crippen LogP) is 4.64. The zero-order valence-electron chi connectivity index (χ0n) is 15.2. The van der Waals surface area contributed by atoms with Crippen LogP contribution in [0.5, 0.6) is 0 Å². The van der Waals surface area contributed by atoms with Gasteiger partial charge in [0.25, 0.3) is 5.91 Å². The zero-order chi connectivity index (χ0) is 19.7. The number of nitrogens with zero attached hydrogens (tertiary/aromatic N) is 1. The van der Waals surface area contributed by atoms with E-state index in [0.29, 0.717) is 11.3 Å². The lowest BCUT2D eigenvalue weighted by Gasteiger charge is -2.32. The molecule has 0 aliphatic carbocycles. The minimum atomic E-state index is -0.950. The van der Waals surface area contributed by atoms with Crippen LogP contribution in [0.4, 0.5) is 17.1 Å². The summed E-state index contributed by atoms with van der Waals surface area (Å²) in [6, 6.07) is 21.8. The Morgan fingerprint density at radius 2 is 1.43 bits per heavy atom. The van der Waals surface area contributed by atoms with Crippen molar-refractivity contribution in [1.29, 1.82) is 0 Å². The van der Waals surface area contributed by atoms with Gasteiger partial charge in [0.05, 0.1) is 16.9 Å². The van der Waals surface area contributed by atoms with Gasteiger partial charge in [-0.2, -0.15) is 0 Å². The number of hydrogen-bond acceptors (Lipinski definition) is 5. The number of nitrogens with two attached hydrogens (primary N) is 1. The number of benzene rings is 3. The number of nitrogen functional groups attached to an aromatic ring is 1. The maximum Gasteiger partial charge on any atom is 0.338 e. The lowest BCUT2D eigenvalue weighted by atomic mass is 10.2. The Bertz CT molecular complexity index is 1000. The molecule has 1 heterocycles. The van der Waals surface area contributed by atoms with Crippen LogP contribution >= 0.6 is 11.8 Å². The summed E-state index contributed by atoms with van der Waals surface area (Å²) in [5.41, 5.74) is 8.12. The van der Waals surface area contributed by atoms with Crippen molar-refractivity contribution < 1.29 is 14.3 Å². The number of amides is 1. The number of anilines is 3. The third-order valence-electron chi connectivity index (χ3n) is 4.43. The SMILES string of the molecule is CC(OC(=O)c1ccc(N)cc1)C(=O)N1c2ccccc2Sc2ccccc21. The highest BCUT2D eigenvalue weighted by molar-refractivity contribution is 7.99. The standard InChI is InChI=1S/C22H18N2O3S/c1-14(27-22(26)15-10-12-16(23)13-11-15)21(25)24-17-6-2-4-8-19(17)28-20-9-5-3-7-18(20)24/h2-14H,23H2,1H3. The van der Waals surface area contributed by atoms with E-state index in [2.05, 4.69) is 0 Å². The van der Waals surface area contributed by atoms with Crippen molar-refractivity contribution in [2.45, 2.75) is 22.8 Å². The molecule has 140 valence electrons. The quantitative estimate of drug-likeness (QED) is 0.521. The van der Waals surface area contributed by atoms with Gasteiger partial charge in [-0.3, -0.25) is 9.69 Å². The Morgan fingerprint density at radius 1 is 0.893 bits per heavy atom. The van der Waals surface area contributed by atoms with Gasteiger partial charge in [-0.15, -0.1) is 0 Å². The monoisotopic (exact) mass is 390 g/mol. The normalized spacial score (nSPS) is 13.2. The molecule has 1 amide bonds. The fourth-order valence-electron chi connectivity index (χ4n) is 3.02. The molecular weight excluding hydrogens is 372 g/mol. The number of esters is 1. The van der Waals surface area contributed by atoms with Gasteiger partial charge >= 0.3 is 5.97 Å². The Kier molecular flexibility index (Phi) is 4.79. The molecule has 0 fully saturated rings. The van der Waals surface area contributed by atoms with E-state index < -0.39 is 12.1 Å². The maximum atomic E-state index is 13.3. The number of carbonyl (C=O) groups excluding carboxylic acids is 2. The van der Waals surface area contributed by atoms with E-state index in [1.54, 1.807) is 47.9 Å². The Balaban J connectivity index is 1.62. The van der Waals surface area contributed by atoms with E-state index in [9.17, 15) is 9.59 Å². The van der Waals surface area contributed by atoms with Crippen molar-refractivity contribution in [1.82, 2.24) is 0 Å². The van der Waals surface area contributed by atoms with E-state index in [4.69, 9.17) is 10.5 Å². The molecule has 1 aliphatic rings. The van der Waals surface area contributed by atoms with Crippen LogP contribution in [-0.4, -0.2) is 18.0 Å². The molecule has 2 N–H and O–H groups in total. The highest BCUT2D eigenvalue weighted by atomic mass is 32.2. The fourth-order valence-corrected chi connectivity index (χ4v) is 4.08. The molecule has 1 aliphatic heterocycles. The van der Waals surface area contributed by atoms with E-state index in [1.807, 2.05) is 48.5 Å². The van der Waals surface area contributed by atoms with E-state index in [0.717, 1.165) is 21.2 Å². The molecular formula is C22H18N2O3S. The molecule has 1 atom stereocenters. The largest absolute Gasteiger partial charge is 0.449 e. The van der Waals surface area contributed by atoms with Crippen molar-refractivity contribution in [3.05, 3.63) is 78.4 Å². The van der Waals surface area contributed by atoms with Crippen molar-refractivity contribution in [2.75, 3.05) is 10.6 Å². The van der Waals surface area contributed by atoms with Gasteiger partial charge < -0.3 is 10.5 Å². The Morgan fingerprint density at radius 3 is 2.00 bits per heavy atom. The lowest BCUT2D eigenvalue weighted by Crippen LogP contribution is -2.38.